The lowest BCUT2D eigenvalue weighted by molar-refractivity contribution is 0.0000856. The maximum atomic E-state index is 13.4. The van der Waals surface area contributed by atoms with Crippen LogP contribution in [0.4, 0.5) is 9.18 Å². The van der Waals surface area contributed by atoms with Crippen LogP contribution < -0.4 is 0 Å². The first-order valence-corrected chi connectivity index (χ1v) is 8.70. The summed E-state index contributed by atoms with van der Waals surface area (Å²) >= 11 is 0. The summed E-state index contributed by atoms with van der Waals surface area (Å²) in [5, 5.41) is 9.32. The van der Waals surface area contributed by atoms with Crippen LogP contribution in [0.5, 0.6) is 0 Å². The van der Waals surface area contributed by atoms with Crippen molar-refractivity contribution in [2.45, 2.75) is 64.1 Å². The molecule has 0 N–H and O–H groups in total. The molecule has 2 unspecified atom stereocenters. The van der Waals surface area contributed by atoms with E-state index in [4.69, 9.17) is 4.74 Å². The zero-order valence-electron chi connectivity index (χ0n) is 14.9. The van der Waals surface area contributed by atoms with E-state index in [1.165, 1.54) is 12.1 Å². The molecule has 5 heteroatoms. The van der Waals surface area contributed by atoms with Crippen LogP contribution in [0.25, 0.3) is 5.57 Å². The van der Waals surface area contributed by atoms with Crippen LogP contribution in [0.15, 0.2) is 24.3 Å². The van der Waals surface area contributed by atoms with Gasteiger partial charge < -0.3 is 4.74 Å². The molecule has 1 fully saturated rings. The Morgan fingerprint density at radius 3 is 2.76 bits per heavy atom. The van der Waals surface area contributed by atoms with Crippen molar-refractivity contribution in [1.29, 1.82) is 5.26 Å². The van der Waals surface area contributed by atoms with Crippen LogP contribution >= 0.6 is 0 Å². The molecule has 2 aliphatic rings. The highest BCUT2D eigenvalue weighted by Gasteiger charge is 2.39. The van der Waals surface area contributed by atoms with E-state index >= 15 is 0 Å². The number of hydrogen-bond donors (Lipinski definition) is 0. The second kappa shape index (κ2) is 6.51. The number of carbonyl (C=O) groups is 1. The molecule has 1 saturated heterocycles. The number of piperidine rings is 1. The predicted octanol–water partition coefficient (Wildman–Crippen LogP) is 4.64. The number of hydrogen-bond acceptors (Lipinski definition) is 3. The van der Waals surface area contributed by atoms with Crippen molar-refractivity contribution in [2.24, 2.45) is 0 Å². The van der Waals surface area contributed by atoms with Crippen molar-refractivity contribution < 1.29 is 13.9 Å². The van der Waals surface area contributed by atoms with Crippen molar-refractivity contribution in [3.8, 4) is 6.07 Å². The van der Waals surface area contributed by atoms with E-state index in [-0.39, 0.29) is 18.2 Å². The van der Waals surface area contributed by atoms with Gasteiger partial charge in [-0.1, -0.05) is 12.1 Å². The second-order valence-corrected chi connectivity index (χ2v) is 7.74. The third-order valence-electron chi connectivity index (χ3n) is 4.69. The number of ether oxygens (including phenoxy) is 1. The van der Waals surface area contributed by atoms with E-state index in [9.17, 15) is 14.4 Å². The summed E-state index contributed by atoms with van der Waals surface area (Å²) in [5.74, 6) is -0.410. The number of benzene rings is 1. The van der Waals surface area contributed by atoms with E-state index in [0.717, 1.165) is 30.4 Å². The number of fused-ring (bicyclic) bond motifs is 2. The number of carbonyl (C=O) groups excluding carboxylic acids is 1. The molecule has 132 valence electrons. The monoisotopic (exact) mass is 342 g/mol. The Balaban J connectivity index is 1.92. The molecule has 2 aliphatic heterocycles. The second-order valence-electron chi connectivity index (χ2n) is 7.74. The van der Waals surface area contributed by atoms with Gasteiger partial charge in [0.05, 0.1) is 17.7 Å². The Morgan fingerprint density at radius 1 is 1.36 bits per heavy atom. The molecule has 4 nitrogen and oxygen atoms in total. The van der Waals surface area contributed by atoms with E-state index in [1.54, 1.807) is 6.07 Å². The van der Waals surface area contributed by atoms with Crippen LogP contribution in [0, 0.1) is 17.1 Å². The minimum Gasteiger partial charge on any atom is -0.444 e. The van der Waals surface area contributed by atoms with Gasteiger partial charge in [-0.15, -0.1) is 0 Å². The summed E-state index contributed by atoms with van der Waals surface area (Å²) in [4.78, 5) is 14.5. The van der Waals surface area contributed by atoms with Crippen LogP contribution in [0.1, 0.15) is 57.6 Å². The molecular formula is C20H23FN2O2. The van der Waals surface area contributed by atoms with Crippen LogP contribution in [0.3, 0.4) is 0 Å². The fraction of sp³-hybridized carbons (Fsp3) is 0.500. The summed E-state index contributed by atoms with van der Waals surface area (Å²) in [6.45, 7) is 5.59. The quantitative estimate of drug-likeness (QED) is 0.747. The van der Waals surface area contributed by atoms with Crippen LogP contribution in [-0.4, -0.2) is 28.7 Å². The maximum absolute atomic E-state index is 13.4. The van der Waals surface area contributed by atoms with Gasteiger partial charge in [-0.2, -0.15) is 5.26 Å². The van der Waals surface area contributed by atoms with Gasteiger partial charge in [-0.3, -0.25) is 4.90 Å². The average molecular weight is 342 g/mol. The van der Waals surface area contributed by atoms with Crippen molar-refractivity contribution in [3.63, 3.8) is 0 Å². The Hall–Kier alpha value is -2.35. The molecule has 0 saturated carbocycles. The highest BCUT2D eigenvalue weighted by Crippen LogP contribution is 2.38. The van der Waals surface area contributed by atoms with Crippen molar-refractivity contribution in [2.75, 3.05) is 0 Å². The van der Waals surface area contributed by atoms with Gasteiger partial charge in [0.25, 0.3) is 0 Å². The average Bonchev–Trinajstić information content (AvgIpc) is 2.51. The zero-order chi connectivity index (χ0) is 18.2. The molecule has 3 rings (SSSR count). The Kier molecular flexibility index (Phi) is 4.55. The third-order valence-corrected chi connectivity index (χ3v) is 4.69. The van der Waals surface area contributed by atoms with Crippen molar-refractivity contribution in [1.82, 2.24) is 4.90 Å². The molecule has 1 aromatic rings. The van der Waals surface area contributed by atoms with Gasteiger partial charge in [0.15, 0.2) is 0 Å². The molecule has 1 aromatic carbocycles. The topological polar surface area (TPSA) is 53.3 Å². The predicted molar refractivity (Wildman–Crippen MR) is 93.2 cm³/mol. The van der Waals surface area contributed by atoms with Gasteiger partial charge in [0, 0.05) is 6.04 Å². The summed E-state index contributed by atoms with van der Waals surface area (Å²) in [6, 6.07) is 6.42. The van der Waals surface area contributed by atoms with Gasteiger partial charge in [0.1, 0.15) is 11.4 Å². The van der Waals surface area contributed by atoms with E-state index < -0.39 is 11.4 Å². The standard InChI is InChI=1S/C20H23FN2O2/c1-20(2,3)25-19(24)23-16-5-4-6-17(23)11-13(10-16)18-8-7-15(21)9-14(18)12-22/h7-10,16-17H,4-6,11H2,1-3H3. The first-order valence-electron chi connectivity index (χ1n) is 8.70. The van der Waals surface area contributed by atoms with Crippen LogP contribution in [-0.2, 0) is 4.74 Å². The molecule has 0 radical (unpaired) electrons. The molecule has 25 heavy (non-hydrogen) atoms. The fourth-order valence-corrected chi connectivity index (χ4v) is 3.72. The molecule has 2 heterocycles. The Morgan fingerprint density at radius 2 is 2.12 bits per heavy atom. The minimum atomic E-state index is -0.527. The number of halogens is 1. The molecular weight excluding hydrogens is 319 g/mol. The largest absolute Gasteiger partial charge is 0.444 e. The molecule has 2 bridgehead atoms. The first-order chi connectivity index (χ1) is 11.8. The SMILES string of the molecule is CC(C)(C)OC(=O)N1C2C=C(c3ccc(F)cc3C#N)CC1CCC2. The minimum absolute atomic E-state index is 0.0334. The van der Waals surface area contributed by atoms with Crippen molar-refractivity contribution >= 4 is 11.7 Å². The van der Waals surface area contributed by atoms with E-state index in [1.807, 2.05) is 31.7 Å². The lowest BCUT2D eigenvalue weighted by atomic mass is 9.82. The summed E-state index contributed by atoms with van der Waals surface area (Å²) in [7, 11) is 0. The highest BCUT2D eigenvalue weighted by molar-refractivity contribution is 5.76. The third kappa shape index (κ3) is 3.68. The van der Waals surface area contributed by atoms with Crippen LogP contribution in [0.2, 0.25) is 0 Å². The van der Waals surface area contributed by atoms with Crippen molar-refractivity contribution in [3.05, 3.63) is 41.2 Å². The normalized spacial score (nSPS) is 22.8. The van der Waals surface area contributed by atoms with Gasteiger partial charge in [0.2, 0.25) is 0 Å². The lowest BCUT2D eigenvalue weighted by Crippen LogP contribution is -2.53. The van der Waals surface area contributed by atoms with Gasteiger partial charge in [-0.25, -0.2) is 9.18 Å². The number of nitrogens with zero attached hydrogens (tertiary/aromatic N) is 2. The maximum Gasteiger partial charge on any atom is 0.411 e. The molecule has 0 spiro atoms. The Labute approximate surface area is 147 Å². The molecule has 0 aromatic heterocycles. The molecule has 2 atom stereocenters. The number of amides is 1. The smallest absolute Gasteiger partial charge is 0.411 e. The summed E-state index contributed by atoms with van der Waals surface area (Å²) < 4.78 is 19.0. The fourth-order valence-electron chi connectivity index (χ4n) is 3.72. The van der Waals surface area contributed by atoms with Gasteiger partial charge >= 0.3 is 6.09 Å². The first kappa shape index (κ1) is 17.5. The van der Waals surface area contributed by atoms with E-state index in [2.05, 4.69) is 6.07 Å². The number of rotatable bonds is 1. The molecule has 1 amide bonds. The van der Waals surface area contributed by atoms with Gasteiger partial charge in [-0.05, 0) is 69.7 Å². The lowest BCUT2D eigenvalue weighted by Gasteiger charge is -2.45. The summed E-state index contributed by atoms with van der Waals surface area (Å²) in [6.07, 6.45) is 5.28. The zero-order valence-corrected chi connectivity index (χ0v) is 14.9. The molecule has 0 aliphatic carbocycles. The van der Waals surface area contributed by atoms with E-state index in [0.29, 0.717) is 12.0 Å². The highest BCUT2D eigenvalue weighted by atomic mass is 19.1. The summed E-state index contributed by atoms with van der Waals surface area (Å²) in [5.41, 5.74) is 1.60. The number of nitriles is 1. The Bertz CT molecular complexity index is 758.